The molecule has 1 spiro atoms. The van der Waals surface area contributed by atoms with E-state index in [0.29, 0.717) is 18.4 Å². The third-order valence-electron chi connectivity index (χ3n) is 8.42. The van der Waals surface area contributed by atoms with Gasteiger partial charge in [0.25, 0.3) is 0 Å². The van der Waals surface area contributed by atoms with Crippen LogP contribution in [0.4, 0.5) is 0 Å². The average Bonchev–Trinajstić information content (AvgIpc) is 3.27. The Morgan fingerprint density at radius 3 is 2.45 bits per heavy atom. The van der Waals surface area contributed by atoms with E-state index in [9.17, 15) is 14.4 Å². The predicted molar refractivity (Wildman–Crippen MR) is 109 cm³/mol. The molecule has 0 radical (unpaired) electrons. The summed E-state index contributed by atoms with van der Waals surface area (Å²) in [6.45, 7) is 11.0. The lowest BCUT2D eigenvalue weighted by Gasteiger charge is -2.62. The summed E-state index contributed by atoms with van der Waals surface area (Å²) in [4.78, 5) is 36.4. The van der Waals surface area contributed by atoms with Crippen LogP contribution >= 0.6 is 0 Å². The summed E-state index contributed by atoms with van der Waals surface area (Å²) in [5.41, 5.74) is 0.148. The summed E-state index contributed by atoms with van der Waals surface area (Å²) >= 11 is 0. The van der Waals surface area contributed by atoms with Crippen molar-refractivity contribution in [2.45, 2.75) is 84.4 Å². The molecule has 0 unspecified atom stereocenters. The number of allylic oxidation sites excluding steroid dienone is 1. The molecule has 0 aromatic carbocycles. The minimum atomic E-state index is -0.564. The van der Waals surface area contributed by atoms with Gasteiger partial charge in [-0.15, -0.1) is 0 Å². The molecule has 7 heteroatoms. The van der Waals surface area contributed by atoms with Gasteiger partial charge in [-0.1, -0.05) is 26.8 Å². The fraction of sp³-hybridized carbons (Fsp3) is 0.708. The highest BCUT2D eigenvalue weighted by Gasteiger charge is 2.79. The lowest BCUT2D eigenvalue weighted by atomic mass is 9.44. The van der Waals surface area contributed by atoms with Gasteiger partial charge < -0.3 is 18.9 Å². The van der Waals surface area contributed by atoms with Gasteiger partial charge in [0.05, 0.1) is 0 Å². The van der Waals surface area contributed by atoms with Crippen LogP contribution in [-0.4, -0.2) is 47.9 Å². The van der Waals surface area contributed by atoms with Crippen molar-refractivity contribution in [3.8, 4) is 0 Å². The van der Waals surface area contributed by atoms with E-state index < -0.39 is 23.2 Å². The van der Waals surface area contributed by atoms with Gasteiger partial charge in [-0.25, -0.2) is 4.79 Å². The Morgan fingerprint density at radius 2 is 1.81 bits per heavy atom. The molecule has 2 saturated carbocycles. The van der Waals surface area contributed by atoms with Crippen LogP contribution in [0.5, 0.6) is 0 Å². The van der Waals surface area contributed by atoms with E-state index in [1.807, 2.05) is 6.08 Å². The minimum Gasteiger partial charge on any atom is -0.462 e. The van der Waals surface area contributed by atoms with Crippen molar-refractivity contribution in [1.82, 2.24) is 0 Å². The Morgan fingerprint density at radius 1 is 1.13 bits per heavy atom. The zero-order chi connectivity index (χ0) is 22.5. The molecule has 3 aliphatic carbocycles. The Hall–Kier alpha value is -2.15. The second kappa shape index (κ2) is 6.21. The van der Waals surface area contributed by atoms with Gasteiger partial charge in [-0.05, 0) is 24.8 Å². The van der Waals surface area contributed by atoms with Crippen LogP contribution < -0.4 is 0 Å². The molecule has 7 nitrogen and oxygen atoms in total. The molecule has 31 heavy (non-hydrogen) atoms. The highest BCUT2D eigenvalue weighted by atomic mass is 16.6. The number of carbonyl (C=O) groups excluding carboxylic acids is 3. The van der Waals surface area contributed by atoms with Gasteiger partial charge in [0.15, 0.2) is 0 Å². The largest absolute Gasteiger partial charge is 0.462 e. The van der Waals surface area contributed by atoms with E-state index >= 15 is 0 Å². The quantitative estimate of drug-likeness (QED) is 0.288. The Bertz CT molecular complexity index is 946. The molecule has 0 aromatic heterocycles. The Balaban J connectivity index is 1.66. The highest BCUT2D eigenvalue weighted by molar-refractivity contribution is 5.92. The van der Waals surface area contributed by atoms with Crippen LogP contribution in [0.3, 0.4) is 0 Å². The molecule has 5 rings (SSSR count). The maximum Gasteiger partial charge on any atom is 0.334 e. The summed E-state index contributed by atoms with van der Waals surface area (Å²) in [6.07, 6.45) is 3.78. The van der Waals surface area contributed by atoms with Gasteiger partial charge >= 0.3 is 17.9 Å². The third kappa shape index (κ3) is 2.65. The molecule has 0 amide bonds. The molecule has 1 saturated heterocycles. The van der Waals surface area contributed by atoms with Crippen LogP contribution in [0.15, 0.2) is 23.3 Å². The van der Waals surface area contributed by atoms with E-state index in [4.69, 9.17) is 18.9 Å². The van der Waals surface area contributed by atoms with Crippen molar-refractivity contribution in [2.75, 3.05) is 0 Å². The first-order chi connectivity index (χ1) is 14.4. The number of carbonyl (C=O) groups is 3. The topological polar surface area (TPSA) is 91.4 Å². The molecular formula is C24H30O7. The van der Waals surface area contributed by atoms with Crippen molar-refractivity contribution >= 4 is 17.9 Å². The van der Waals surface area contributed by atoms with Crippen molar-refractivity contribution in [1.29, 1.82) is 0 Å². The van der Waals surface area contributed by atoms with Gasteiger partial charge in [0, 0.05) is 48.7 Å². The molecule has 0 bridgehead atoms. The van der Waals surface area contributed by atoms with Gasteiger partial charge in [0.1, 0.15) is 30.0 Å². The molecule has 0 aromatic rings. The first kappa shape index (κ1) is 20.7. The molecule has 3 fully saturated rings. The first-order valence-corrected chi connectivity index (χ1v) is 11.0. The third-order valence-corrected chi connectivity index (χ3v) is 8.42. The summed E-state index contributed by atoms with van der Waals surface area (Å²) in [6, 6.07) is 0. The number of esters is 3. The van der Waals surface area contributed by atoms with Gasteiger partial charge in [-0.3, -0.25) is 9.59 Å². The monoisotopic (exact) mass is 430 g/mol. The predicted octanol–water partition coefficient (Wildman–Crippen LogP) is 2.87. The van der Waals surface area contributed by atoms with Crippen LogP contribution in [-0.2, 0) is 33.3 Å². The smallest absolute Gasteiger partial charge is 0.334 e. The van der Waals surface area contributed by atoms with Gasteiger partial charge in [0.2, 0.25) is 0 Å². The number of fused-ring (bicyclic) bond motifs is 4. The molecule has 2 aliphatic heterocycles. The fourth-order valence-corrected chi connectivity index (χ4v) is 7.47. The molecule has 0 N–H and O–H groups in total. The number of epoxide rings is 1. The van der Waals surface area contributed by atoms with Crippen molar-refractivity contribution in [3.05, 3.63) is 23.3 Å². The van der Waals surface area contributed by atoms with Crippen LogP contribution in [0, 0.1) is 22.7 Å². The van der Waals surface area contributed by atoms with Gasteiger partial charge in [-0.2, -0.15) is 0 Å². The standard InChI is InChI=1S/C24H30O7/c1-11-18-14(30-21(11)27)9-16-23(6)17(29-13(3)26)7-8-22(4,5)19(23)15(28-12(2)25)10-24(16)20(18)31-24/h7-8,14-17,19-20H,9-10H2,1-6H3/t14-,15-,16+,17-,19-,20-,23-,24+/m1/s1. The lowest BCUT2D eigenvalue weighted by molar-refractivity contribution is -0.209. The Kier molecular flexibility index (Phi) is 4.16. The van der Waals surface area contributed by atoms with Crippen molar-refractivity contribution < 1.29 is 33.3 Å². The maximum absolute atomic E-state index is 12.3. The van der Waals surface area contributed by atoms with E-state index in [1.165, 1.54) is 13.8 Å². The zero-order valence-electron chi connectivity index (χ0n) is 18.9. The maximum atomic E-state index is 12.3. The van der Waals surface area contributed by atoms with Crippen LogP contribution in [0.1, 0.15) is 54.4 Å². The molecular weight excluding hydrogens is 400 g/mol. The van der Waals surface area contributed by atoms with Crippen molar-refractivity contribution in [2.24, 2.45) is 22.7 Å². The van der Waals surface area contributed by atoms with Crippen LogP contribution in [0.2, 0.25) is 0 Å². The summed E-state index contributed by atoms with van der Waals surface area (Å²) < 4.78 is 23.8. The van der Waals surface area contributed by atoms with Crippen LogP contribution in [0.25, 0.3) is 0 Å². The second-order valence-corrected chi connectivity index (χ2v) is 10.6. The van der Waals surface area contributed by atoms with Crippen molar-refractivity contribution in [3.63, 3.8) is 0 Å². The number of rotatable bonds is 2. The van der Waals surface area contributed by atoms with E-state index in [2.05, 4.69) is 26.8 Å². The highest BCUT2D eigenvalue weighted by Crippen LogP contribution is 2.71. The number of ether oxygens (including phenoxy) is 4. The molecule has 5 aliphatic rings. The average molecular weight is 430 g/mol. The molecule has 8 atom stereocenters. The molecule has 2 heterocycles. The molecule has 168 valence electrons. The van der Waals surface area contributed by atoms with E-state index in [0.717, 1.165) is 5.57 Å². The summed E-state index contributed by atoms with van der Waals surface area (Å²) in [5, 5.41) is 0. The zero-order valence-corrected chi connectivity index (χ0v) is 18.9. The van der Waals surface area contributed by atoms with E-state index in [1.54, 1.807) is 6.92 Å². The summed E-state index contributed by atoms with van der Waals surface area (Å²) in [7, 11) is 0. The number of hydrogen-bond donors (Lipinski definition) is 0. The first-order valence-electron chi connectivity index (χ1n) is 11.0. The minimum absolute atomic E-state index is 0.0252. The lowest BCUT2D eigenvalue weighted by Crippen LogP contribution is -2.66. The normalized spacial score (nSPS) is 46.2. The fourth-order valence-electron chi connectivity index (χ4n) is 7.47. The van der Waals surface area contributed by atoms with E-state index in [-0.39, 0.29) is 47.4 Å². The SMILES string of the molecule is CC(=O)O[C@@H]1C[C@@]23O[C@@H]2C2=C(C)C(=O)O[C@@H]2C[C@H]3[C@@]2(C)[C@H]1C(C)(C)C=C[C@H]2OC(C)=O. The second-order valence-electron chi connectivity index (χ2n) is 10.6. The summed E-state index contributed by atoms with van der Waals surface area (Å²) in [5.74, 6) is -1.10. The Labute approximate surface area is 182 Å². The number of hydrogen-bond acceptors (Lipinski definition) is 7.